The van der Waals surface area contributed by atoms with Gasteiger partial charge in [-0.1, -0.05) is 24.3 Å². The minimum absolute atomic E-state index is 0.118. The Kier molecular flexibility index (Phi) is 4.59. The van der Waals surface area contributed by atoms with Gasteiger partial charge < -0.3 is 10.4 Å². The van der Waals surface area contributed by atoms with E-state index in [1.165, 1.54) is 0 Å². The topological polar surface area (TPSA) is 49.3 Å². The van der Waals surface area contributed by atoms with Crippen molar-refractivity contribution in [2.45, 2.75) is 13.2 Å². The molecule has 2 rings (SSSR count). The van der Waals surface area contributed by atoms with Crippen LogP contribution in [0.25, 0.3) is 0 Å². The molecule has 1 amide bonds. The molecule has 110 valence electrons. The van der Waals surface area contributed by atoms with E-state index < -0.39 is 23.4 Å². The Morgan fingerprint density at radius 2 is 1.67 bits per heavy atom. The van der Waals surface area contributed by atoms with Crippen molar-refractivity contribution < 1.29 is 23.1 Å². The molecule has 0 aliphatic rings. The van der Waals surface area contributed by atoms with Gasteiger partial charge in [0.2, 0.25) is 0 Å². The minimum atomic E-state index is -1.61. The van der Waals surface area contributed by atoms with Gasteiger partial charge in [0.1, 0.15) is 0 Å². The van der Waals surface area contributed by atoms with Crippen LogP contribution in [0.3, 0.4) is 0 Å². The van der Waals surface area contributed by atoms with Gasteiger partial charge in [-0.25, -0.2) is 13.2 Å². The maximum Gasteiger partial charge on any atom is 0.251 e. The van der Waals surface area contributed by atoms with Gasteiger partial charge in [-0.2, -0.15) is 0 Å². The Balaban J connectivity index is 2.08. The fraction of sp³-hybridized carbons (Fsp3) is 0.133. The van der Waals surface area contributed by atoms with Crippen molar-refractivity contribution in [1.82, 2.24) is 5.32 Å². The van der Waals surface area contributed by atoms with Gasteiger partial charge in [-0.15, -0.1) is 0 Å². The van der Waals surface area contributed by atoms with E-state index >= 15 is 0 Å². The molecule has 0 bridgehead atoms. The summed E-state index contributed by atoms with van der Waals surface area (Å²) in [7, 11) is 0. The molecule has 0 radical (unpaired) electrons. The van der Waals surface area contributed by atoms with E-state index in [1.807, 2.05) is 0 Å². The highest BCUT2D eigenvalue weighted by molar-refractivity contribution is 5.94. The third-order valence-electron chi connectivity index (χ3n) is 2.87. The van der Waals surface area contributed by atoms with Crippen molar-refractivity contribution in [2.75, 3.05) is 0 Å². The van der Waals surface area contributed by atoms with E-state index in [0.29, 0.717) is 17.7 Å². The number of hydrogen-bond donors (Lipinski definition) is 2. The van der Waals surface area contributed by atoms with Crippen molar-refractivity contribution in [3.8, 4) is 0 Å². The molecule has 2 aromatic carbocycles. The molecule has 0 saturated heterocycles. The van der Waals surface area contributed by atoms with Crippen LogP contribution in [0.5, 0.6) is 0 Å². The second-order valence-electron chi connectivity index (χ2n) is 4.41. The Hall–Kier alpha value is -2.34. The minimum Gasteiger partial charge on any atom is -0.392 e. The molecule has 0 heterocycles. The quantitative estimate of drug-likeness (QED) is 0.852. The van der Waals surface area contributed by atoms with E-state index in [9.17, 15) is 18.0 Å². The first-order chi connectivity index (χ1) is 10.0. The summed E-state index contributed by atoms with van der Waals surface area (Å²) in [6.07, 6.45) is 0. The van der Waals surface area contributed by atoms with E-state index in [1.54, 1.807) is 24.3 Å². The molecule has 0 fully saturated rings. The third-order valence-corrected chi connectivity index (χ3v) is 2.87. The molecular weight excluding hydrogens is 283 g/mol. The van der Waals surface area contributed by atoms with Gasteiger partial charge in [-0.05, 0) is 23.3 Å². The Labute approximate surface area is 119 Å². The van der Waals surface area contributed by atoms with E-state index in [-0.39, 0.29) is 18.7 Å². The Morgan fingerprint density at radius 1 is 1.05 bits per heavy atom. The van der Waals surface area contributed by atoms with Crippen molar-refractivity contribution in [1.29, 1.82) is 0 Å². The SMILES string of the molecule is O=C(NCc1cccc(CO)c1)c1cc(F)c(F)c(F)c1. The highest BCUT2D eigenvalue weighted by atomic mass is 19.2. The Morgan fingerprint density at radius 3 is 2.29 bits per heavy atom. The molecule has 0 spiro atoms. The molecule has 0 atom stereocenters. The number of amides is 1. The number of nitrogens with one attached hydrogen (secondary N) is 1. The van der Waals surface area contributed by atoms with Crippen LogP contribution in [0.15, 0.2) is 36.4 Å². The lowest BCUT2D eigenvalue weighted by Gasteiger charge is -2.07. The van der Waals surface area contributed by atoms with Gasteiger partial charge in [0, 0.05) is 12.1 Å². The maximum atomic E-state index is 13.0. The van der Waals surface area contributed by atoms with Gasteiger partial charge in [0.15, 0.2) is 17.5 Å². The van der Waals surface area contributed by atoms with E-state index in [0.717, 1.165) is 5.56 Å². The predicted molar refractivity (Wildman–Crippen MR) is 69.9 cm³/mol. The van der Waals surface area contributed by atoms with Crippen molar-refractivity contribution in [3.05, 3.63) is 70.5 Å². The zero-order chi connectivity index (χ0) is 15.4. The van der Waals surface area contributed by atoms with Gasteiger partial charge in [-0.3, -0.25) is 4.79 Å². The second-order valence-corrected chi connectivity index (χ2v) is 4.41. The van der Waals surface area contributed by atoms with Crippen molar-refractivity contribution >= 4 is 5.91 Å². The standard InChI is InChI=1S/C15H12F3NO2/c16-12-5-11(6-13(17)14(12)18)15(21)19-7-9-2-1-3-10(4-9)8-20/h1-6,20H,7-8H2,(H,19,21). The van der Waals surface area contributed by atoms with Crippen molar-refractivity contribution in [3.63, 3.8) is 0 Å². The smallest absolute Gasteiger partial charge is 0.251 e. The molecule has 0 aromatic heterocycles. The lowest BCUT2D eigenvalue weighted by Crippen LogP contribution is -2.23. The van der Waals surface area contributed by atoms with Crippen LogP contribution in [-0.2, 0) is 13.2 Å². The molecule has 0 saturated carbocycles. The number of benzene rings is 2. The number of carbonyl (C=O) groups excluding carboxylic acids is 1. The Bertz CT molecular complexity index is 651. The predicted octanol–water partition coefficient (Wildman–Crippen LogP) is 2.53. The van der Waals surface area contributed by atoms with Crippen LogP contribution in [0, 0.1) is 17.5 Å². The first-order valence-corrected chi connectivity index (χ1v) is 6.12. The van der Waals surface area contributed by atoms with Crippen LogP contribution >= 0.6 is 0 Å². The van der Waals surface area contributed by atoms with E-state index in [4.69, 9.17) is 5.11 Å². The molecule has 0 aliphatic carbocycles. The summed E-state index contributed by atoms with van der Waals surface area (Å²) in [6.45, 7) is -0.0105. The lowest BCUT2D eigenvalue weighted by molar-refractivity contribution is 0.0949. The number of aliphatic hydroxyl groups is 1. The molecule has 2 N–H and O–H groups in total. The molecular formula is C15H12F3NO2. The maximum absolute atomic E-state index is 13.0. The average molecular weight is 295 g/mol. The van der Waals surface area contributed by atoms with Crippen LogP contribution in [0.1, 0.15) is 21.5 Å². The normalized spacial score (nSPS) is 10.5. The summed E-state index contributed by atoms with van der Waals surface area (Å²) in [5.41, 5.74) is 1.10. The van der Waals surface area contributed by atoms with Crippen LogP contribution in [-0.4, -0.2) is 11.0 Å². The zero-order valence-electron chi connectivity index (χ0n) is 10.9. The lowest BCUT2D eigenvalue weighted by atomic mass is 10.1. The van der Waals surface area contributed by atoms with Gasteiger partial charge in [0.05, 0.1) is 6.61 Å². The molecule has 6 heteroatoms. The largest absolute Gasteiger partial charge is 0.392 e. The summed E-state index contributed by atoms with van der Waals surface area (Å²) in [4.78, 5) is 11.8. The first-order valence-electron chi connectivity index (χ1n) is 6.12. The number of halogens is 3. The summed E-state index contributed by atoms with van der Waals surface area (Å²) in [5.74, 6) is -5.16. The average Bonchev–Trinajstić information content (AvgIpc) is 2.50. The number of aliphatic hydroxyl groups excluding tert-OH is 1. The summed E-state index contributed by atoms with van der Waals surface area (Å²) in [6, 6.07) is 8.12. The fourth-order valence-corrected chi connectivity index (χ4v) is 1.81. The zero-order valence-corrected chi connectivity index (χ0v) is 10.9. The third kappa shape index (κ3) is 3.61. The summed E-state index contributed by atoms with van der Waals surface area (Å²) >= 11 is 0. The van der Waals surface area contributed by atoms with Crippen LogP contribution in [0.2, 0.25) is 0 Å². The van der Waals surface area contributed by atoms with E-state index in [2.05, 4.69) is 5.32 Å². The van der Waals surface area contributed by atoms with Crippen LogP contribution in [0.4, 0.5) is 13.2 Å². The highest BCUT2D eigenvalue weighted by Crippen LogP contribution is 2.14. The highest BCUT2D eigenvalue weighted by Gasteiger charge is 2.14. The monoisotopic (exact) mass is 295 g/mol. The number of carbonyl (C=O) groups is 1. The summed E-state index contributed by atoms with van der Waals surface area (Å²) < 4.78 is 38.9. The number of rotatable bonds is 4. The summed E-state index contributed by atoms with van der Waals surface area (Å²) in [5, 5.41) is 11.5. The molecule has 2 aromatic rings. The first kappa shape index (κ1) is 15.1. The van der Waals surface area contributed by atoms with Crippen LogP contribution < -0.4 is 5.32 Å². The molecule has 0 aliphatic heterocycles. The van der Waals surface area contributed by atoms with Crippen molar-refractivity contribution in [2.24, 2.45) is 0 Å². The van der Waals surface area contributed by atoms with Gasteiger partial charge in [0.25, 0.3) is 5.91 Å². The molecule has 0 unspecified atom stereocenters. The van der Waals surface area contributed by atoms with Gasteiger partial charge >= 0.3 is 0 Å². The number of hydrogen-bond acceptors (Lipinski definition) is 2. The fourth-order valence-electron chi connectivity index (χ4n) is 1.81. The second kappa shape index (κ2) is 6.41. The molecule has 21 heavy (non-hydrogen) atoms. The molecule has 3 nitrogen and oxygen atoms in total.